The first kappa shape index (κ1) is 16.8. The molecule has 1 aromatic rings. The second-order valence-electron chi connectivity index (χ2n) is 4.92. The Morgan fingerprint density at radius 2 is 2.05 bits per heavy atom. The summed E-state index contributed by atoms with van der Waals surface area (Å²) in [7, 11) is -1.87. The van der Waals surface area contributed by atoms with E-state index in [0.29, 0.717) is 18.8 Å². The fourth-order valence-corrected chi connectivity index (χ4v) is 4.40. The number of sulfonamides is 1. The van der Waals surface area contributed by atoms with Gasteiger partial charge in [-0.05, 0) is 19.2 Å². The number of nitrogens with two attached hydrogens (primary N) is 1. The predicted molar refractivity (Wildman–Crippen MR) is 83.3 cm³/mol. The van der Waals surface area contributed by atoms with E-state index in [1.807, 2.05) is 7.05 Å². The molecule has 1 unspecified atom stereocenters. The summed E-state index contributed by atoms with van der Waals surface area (Å²) >= 11 is 11.9. The molecule has 1 heterocycles. The van der Waals surface area contributed by atoms with Gasteiger partial charge in [0.1, 0.15) is 4.90 Å². The van der Waals surface area contributed by atoms with E-state index in [-0.39, 0.29) is 27.6 Å². The molecule has 9 heteroatoms. The number of rotatable bonds is 4. The lowest BCUT2D eigenvalue weighted by atomic mass is 10.3. The van der Waals surface area contributed by atoms with Crippen LogP contribution in [-0.4, -0.2) is 52.7 Å². The third-order valence-corrected chi connectivity index (χ3v) is 5.48. The Bertz CT molecular complexity index is 601. The minimum absolute atomic E-state index is 0.00539. The standard InChI is InChI=1S/C12H17Cl2N3O3S/c1-17-2-3-20-9(7-17)6-16-21(18,19)12-10(13)4-8(15)5-11(12)14/h4-5,9,16H,2-3,6-7,15H2,1H3. The molecule has 21 heavy (non-hydrogen) atoms. The Labute approximate surface area is 134 Å². The van der Waals surface area contributed by atoms with Crippen LogP contribution in [-0.2, 0) is 14.8 Å². The first-order valence-corrected chi connectivity index (χ1v) is 8.58. The molecule has 1 fully saturated rings. The van der Waals surface area contributed by atoms with Crippen molar-refractivity contribution in [3.05, 3.63) is 22.2 Å². The van der Waals surface area contributed by atoms with Gasteiger partial charge < -0.3 is 15.4 Å². The van der Waals surface area contributed by atoms with Crippen LogP contribution < -0.4 is 10.5 Å². The molecule has 0 radical (unpaired) electrons. The fourth-order valence-electron chi connectivity index (χ4n) is 2.10. The molecule has 1 aliphatic heterocycles. The zero-order valence-corrected chi connectivity index (χ0v) is 13.8. The molecule has 1 aliphatic rings. The highest BCUT2D eigenvalue weighted by atomic mass is 35.5. The van der Waals surface area contributed by atoms with Gasteiger partial charge in [0.05, 0.1) is 22.8 Å². The van der Waals surface area contributed by atoms with Crippen molar-refractivity contribution in [3.63, 3.8) is 0 Å². The maximum atomic E-state index is 12.3. The molecule has 0 aromatic heterocycles. The average Bonchev–Trinajstić information content (AvgIpc) is 2.35. The van der Waals surface area contributed by atoms with Gasteiger partial charge in [0.2, 0.25) is 10.0 Å². The van der Waals surface area contributed by atoms with Crippen LogP contribution in [0.3, 0.4) is 0 Å². The average molecular weight is 354 g/mol. The third-order valence-electron chi connectivity index (χ3n) is 3.13. The Morgan fingerprint density at radius 1 is 1.43 bits per heavy atom. The summed E-state index contributed by atoms with van der Waals surface area (Å²) in [6.07, 6.45) is -0.204. The number of nitrogens with one attached hydrogen (secondary N) is 1. The highest BCUT2D eigenvalue weighted by molar-refractivity contribution is 7.89. The lowest BCUT2D eigenvalue weighted by molar-refractivity contribution is -0.0156. The first-order chi connectivity index (χ1) is 9.79. The van der Waals surface area contributed by atoms with Crippen LogP contribution >= 0.6 is 23.2 Å². The molecule has 1 aromatic carbocycles. The topological polar surface area (TPSA) is 84.7 Å². The number of halogens is 2. The number of hydrogen-bond acceptors (Lipinski definition) is 5. The van der Waals surface area contributed by atoms with Crippen molar-refractivity contribution >= 4 is 38.9 Å². The van der Waals surface area contributed by atoms with Gasteiger partial charge >= 0.3 is 0 Å². The van der Waals surface area contributed by atoms with Gasteiger partial charge in [-0.2, -0.15) is 0 Å². The lowest BCUT2D eigenvalue weighted by Gasteiger charge is -2.30. The highest BCUT2D eigenvalue weighted by Gasteiger charge is 2.25. The summed E-state index contributed by atoms with van der Waals surface area (Å²) in [6, 6.07) is 2.71. The molecule has 0 saturated carbocycles. The van der Waals surface area contributed by atoms with Crippen molar-refractivity contribution in [1.29, 1.82) is 0 Å². The van der Waals surface area contributed by atoms with Crippen LogP contribution in [0.4, 0.5) is 5.69 Å². The fraction of sp³-hybridized carbons (Fsp3) is 0.500. The quantitative estimate of drug-likeness (QED) is 0.794. The van der Waals surface area contributed by atoms with Crippen molar-refractivity contribution in [1.82, 2.24) is 9.62 Å². The summed E-state index contributed by atoms with van der Waals surface area (Å²) in [5, 5.41) is -0.0108. The molecule has 1 saturated heterocycles. The molecule has 3 N–H and O–H groups in total. The molecule has 2 rings (SSSR count). The smallest absolute Gasteiger partial charge is 0.243 e. The van der Waals surface area contributed by atoms with Gasteiger partial charge in [0.25, 0.3) is 0 Å². The number of anilines is 1. The number of nitrogens with zero attached hydrogens (tertiary/aromatic N) is 1. The number of ether oxygens (including phenoxy) is 1. The van der Waals surface area contributed by atoms with E-state index >= 15 is 0 Å². The summed E-state index contributed by atoms with van der Waals surface area (Å²) in [6.45, 7) is 2.22. The maximum Gasteiger partial charge on any atom is 0.243 e. The molecule has 0 aliphatic carbocycles. The van der Waals surface area contributed by atoms with Crippen molar-refractivity contribution in [2.75, 3.05) is 39.0 Å². The van der Waals surface area contributed by atoms with Gasteiger partial charge in [-0.3, -0.25) is 0 Å². The summed E-state index contributed by atoms with van der Waals surface area (Å²) in [5.74, 6) is 0. The van der Waals surface area contributed by atoms with Crippen LogP contribution in [0.25, 0.3) is 0 Å². The lowest BCUT2D eigenvalue weighted by Crippen LogP contribution is -2.45. The van der Waals surface area contributed by atoms with E-state index in [1.165, 1.54) is 12.1 Å². The van der Waals surface area contributed by atoms with E-state index < -0.39 is 10.0 Å². The molecule has 1 atom stereocenters. The van der Waals surface area contributed by atoms with E-state index in [2.05, 4.69) is 9.62 Å². The van der Waals surface area contributed by atoms with Crippen LogP contribution in [0.5, 0.6) is 0 Å². The van der Waals surface area contributed by atoms with Crippen LogP contribution in [0, 0.1) is 0 Å². The number of nitrogen functional groups attached to an aromatic ring is 1. The monoisotopic (exact) mass is 353 g/mol. The Hall–Kier alpha value is -0.570. The van der Waals surface area contributed by atoms with Gasteiger partial charge in [0.15, 0.2) is 0 Å². The first-order valence-electron chi connectivity index (χ1n) is 6.34. The van der Waals surface area contributed by atoms with Gasteiger partial charge in [-0.1, -0.05) is 23.2 Å². The molecule has 118 valence electrons. The zero-order chi connectivity index (χ0) is 15.6. The van der Waals surface area contributed by atoms with Gasteiger partial charge in [0, 0.05) is 25.3 Å². The van der Waals surface area contributed by atoms with Crippen LogP contribution in [0.2, 0.25) is 10.0 Å². The number of hydrogen-bond donors (Lipinski definition) is 2. The molecule has 0 spiro atoms. The number of likely N-dealkylation sites (N-methyl/N-ethyl adjacent to an activating group) is 1. The number of benzene rings is 1. The van der Waals surface area contributed by atoms with Gasteiger partial charge in [-0.15, -0.1) is 0 Å². The highest BCUT2D eigenvalue weighted by Crippen LogP contribution is 2.31. The van der Waals surface area contributed by atoms with Crippen LogP contribution in [0.1, 0.15) is 0 Å². The zero-order valence-electron chi connectivity index (χ0n) is 11.5. The number of morpholine rings is 1. The van der Waals surface area contributed by atoms with E-state index in [0.717, 1.165) is 6.54 Å². The molecular formula is C12H17Cl2N3O3S. The van der Waals surface area contributed by atoms with Crippen molar-refractivity contribution in [2.45, 2.75) is 11.0 Å². The Balaban J connectivity index is 2.12. The second-order valence-corrected chi connectivity index (χ2v) is 7.44. The minimum Gasteiger partial charge on any atom is -0.399 e. The Kier molecular flexibility index (Phi) is 5.34. The van der Waals surface area contributed by atoms with E-state index in [1.54, 1.807) is 0 Å². The van der Waals surface area contributed by atoms with E-state index in [4.69, 9.17) is 33.7 Å². The van der Waals surface area contributed by atoms with Crippen LogP contribution in [0.15, 0.2) is 17.0 Å². The summed E-state index contributed by atoms with van der Waals surface area (Å²) in [5.41, 5.74) is 5.87. The summed E-state index contributed by atoms with van der Waals surface area (Å²) in [4.78, 5) is 1.91. The molecule has 6 nitrogen and oxygen atoms in total. The van der Waals surface area contributed by atoms with E-state index in [9.17, 15) is 8.42 Å². The predicted octanol–water partition coefficient (Wildman–Crippen LogP) is 1.18. The largest absolute Gasteiger partial charge is 0.399 e. The van der Waals surface area contributed by atoms with Crippen molar-refractivity contribution in [3.8, 4) is 0 Å². The van der Waals surface area contributed by atoms with Gasteiger partial charge in [-0.25, -0.2) is 13.1 Å². The molecular weight excluding hydrogens is 337 g/mol. The molecule has 0 bridgehead atoms. The minimum atomic E-state index is -3.82. The van der Waals surface area contributed by atoms with Crippen molar-refractivity contribution < 1.29 is 13.2 Å². The molecule has 0 amide bonds. The second kappa shape index (κ2) is 6.68. The maximum absolute atomic E-state index is 12.3. The Morgan fingerprint density at radius 3 is 2.62 bits per heavy atom. The van der Waals surface area contributed by atoms with Crippen molar-refractivity contribution in [2.24, 2.45) is 0 Å². The normalized spacial score (nSPS) is 20.6. The third kappa shape index (κ3) is 4.21. The summed E-state index contributed by atoms with van der Waals surface area (Å²) < 4.78 is 32.6. The SMILES string of the molecule is CN1CCOC(CNS(=O)(=O)c2c(Cl)cc(N)cc2Cl)C1.